The van der Waals surface area contributed by atoms with E-state index in [4.69, 9.17) is 9.26 Å². The average Bonchev–Trinajstić information content (AvgIpc) is 3.64. The Bertz CT molecular complexity index is 1450. The van der Waals surface area contributed by atoms with Gasteiger partial charge in [-0.25, -0.2) is 4.79 Å². The van der Waals surface area contributed by atoms with E-state index in [9.17, 15) is 14.7 Å². The van der Waals surface area contributed by atoms with Crippen molar-refractivity contribution in [2.45, 2.75) is 45.1 Å². The molecule has 1 unspecified atom stereocenters. The number of aliphatic carboxylic acids is 1. The number of nitrogens with zero attached hydrogens (tertiary/aromatic N) is 1. The first kappa shape index (κ1) is 24.3. The van der Waals surface area contributed by atoms with Gasteiger partial charge in [0.15, 0.2) is 5.76 Å². The number of carbonyl (C=O) groups excluding carboxylic acids is 1. The van der Waals surface area contributed by atoms with Gasteiger partial charge < -0.3 is 14.4 Å². The fourth-order valence-corrected chi connectivity index (χ4v) is 4.54. The lowest BCUT2D eigenvalue weighted by Crippen LogP contribution is -2.19. The van der Waals surface area contributed by atoms with Crippen LogP contribution < -0.4 is 5.32 Å². The van der Waals surface area contributed by atoms with E-state index in [2.05, 4.69) is 10.5 Å². The SMILES string of the molecule is Cc1cccc(C(C)OC(=O)Nc2c(C)noc2-c2ccc(-c3ccc(C4(C(=O)O)CC4)cc3)cc2)c1. The Morgan fingerprint density at radius 3 is 2.19 bits per heavy atom. The van der Waals surface area contributed by atoms with Crippen molar-refractivity contribution >= 4 is 17.7 Å². The summed E-state index contributed by atoms with van der Waals surface area (Å²) < 4.78 is 11.1. The normalized spacial score (nSPS) is 14.6. The zero-order valence-electron chi connectivity index (χ0n) is 20.9. The van der Waals surface area contributed by atoms with Crippen molar-refractivity contribution in [1.29, 1.82) is 0 Å². The highest BCUT2D eigenvalue weighted by molar-refractivity contribution is 5.91. The maximum atomic E-state index is 12.7. The number of benzene rings is 3. The van der Waals surface area contributed by atoms with Gasteiger partial charge in [0, 0.05) is 5.56 Å². The summed E-state index contributed by atoms with van der Waals surface area (Å²) in [4.78, 5) is 24.2. The van der Waals surface area contributed by atoms with Crippen LogP contribution in [-0.2, 0) is 14.9 Å². The number of hydrogen-bond donors (Lipinski definition) is 2. The van der Waals surface area contributed by atoms with Crippen molar-refractivity contribution in [2.24, 2.45) is 0 Å². The van der Waals surface area contributed by atoms with Gasteiger partial charge in [-0.3, -0.25) is 10.1 Å². The van der Waals surface area contributed by atoms with E-state index in [1.54, 1.807) is 6.92 Å². The summed E-state index contributed by atoms with van der Waals surface area (Å²) in [6.07, 6.45) is 0.358. The molecule has 1 saturated carbocycles. The Labute approximate surface area is 215 Å². The number of carboxylic acid groups (broad SMARTS) is 1. The molecule has 1 heterocycles. The second-order valence-corrected chi connectivity index (χ2v) is 9.60. The number of anilines is 1. The minimum Gasteiger partial charge on any atom is -0.481 e. The molecule has 0 saturated heterocycles. The number of hydrogen-bond acceptors (Lipinski definition) is 5. The summed E-state index contributed by atoms with van der Waals surface area (Å²) >= 11 is 0. The molecule has 1 amide bonds. The standard InChI is InChI=1S/C30H28N2O5/c1-18-5-4-6-24(17-18)20(3)36-29(35)31-26-19(2)32-37-27(26)23-9-7-21(8-10-23)22-11-13-25(14-12-22)30(15-16-30)28(33)34/h4-14,17,20H,15-16H2,1-3H3,(H,31,35)(H,33,34). The Balaban J connectivity index is 1.30. The van der Waals surface area contributed by atoms with Gasteiger partial charge in [0.2, 0.25) is 0 Å². The molecule has 7 heteroatoms. The Morgan fingerprint density at radius 1 is 0.973 bits per heavy atom. The molecule has 37 heavy (non-hydrogen) atoms. The predicted molar refractivity (Wildman–Crippen MR) is 140 cm³/mol. The average molecular weight is 497 g/mol. The summed E-state index contributed by atoms with van der Waals surface area (Å²) in [5, 5.41) is 16.3. The van der Waals surface area contributed by atoms with E-state index >= 15 is 0 Å². The Kier molecular flexibility index (Phi) is 6.29. The summed E-state index contributed by atoms with van der Waals surface area (Å²) in [5.74, 6) is -0.318. The molecule has 1 atom stereocenters. The highest BCUT2D eigenvalue weighted by atomic mass is 16.6. The lowest BCUT2D eigenvalue weighted by atomic mass is 9.93. The van der Waals surface area contributed by atoms with Crippen LogP contribution in [0, 0.1) is 13.8 Å². The van der Waals surface area contributed by atoms with Crippen molar-refractivity contribution in [3.63, 3.8) is 0 Å². The summed E-state index contributed by atoms with van der Waals surface area (Å²) in [6.45, 7) is 5.57. The number of carboxylic acids is 1. The second-order valence-electron chi connectivity index (χ2n) is 9.60. The monoisotopic (exact) mass is 496 g/mol. The number of aryl methyl sites for hydroxylation is 2. The number of aromatic nitrogens is 1. The van der Waals surface area contributed by atoms with Crippen LogP contribution >= 0.6 is 0 Å². The zero-order chi connectivity index (χ0) is 26.2. The van der Waals surface area contributed by atoms with Gasteiger partial charge in [-0.05, 0) is 55.9 Å². The molecule has 1 aliphatic carbocycles. The topological polar surface area (TPSA) is 102 Å². The van der Waals surface area contributed by atoms with Gasteiger partial charge in [0.05, 0.1) is 5.41 Å². The second kappa shape index (κ2) is 9.58. The van der Waals surface area contributed by atoms with Crippen molar-refractivity contribution in [3.8, 4) is 22.5 Å². The van der Waals surface area contributed by atoms with Crippen LogP contribution in [0.25, 0.3) is 22.5 Å². The maximum absolute atomic E-state index is 12.7. The van der Waals surface area contributed by atoms with Gasteiger partial charge in [-0.2, -0.15) is 0 Å². The van der Waals surface area contributed by atoms with E-state index in [0.29, 0.717) is 30.0 Å². The Morgan fingerprint density at radius 2 is 1.59 bits per heavy atom. The smallest absolute Gasteiger partial charge is 0.412 e. The highest BCUT2D eigenvalue weighted by Gasteiger charge is 2.51. The molecular weight excluding hydrogens is 468 g/mol. The van der Waals surface area contributed by atoms with Crippen molar-refractivity contribution in [1.82, 2.24) is 5.16 Å². The molecule has 0 radical (unpaired) electrons. The highest BCUT2D eigenvalue weighted by Crippen LogP contribution is 2.48. The van der Waals surface area contributed by atoms with Crippen molar-refractivity contribution in [3.05, 3.63) is 95.2 Å². The number of rotatable bonds is 7. The third-order valence-electron chi connectivity index (χ3n) is 6.96. The molecule has 1 aliphatic rings. The van der Waals surface area contributed by atoms with Gasteiger partial charge in [-0.1, -0.05) is 83.5 Å². The summed E-state index contributed by atoms with van der Waals surface area (Å²) in [5.41, 5.74) is 5.86. The Hall–Kier alpha value is -4.39. The van der Waals surface area contributed by atoms with E-state index < -0.39 is 23.6 Å². The molecule has 4 aromatic rings. The van der Waals surface area contributed by atoms with Crippen LogP contribution in [0.1, 0.15) is 48.3 Å². The first-order chi connectivity index (χ1) is 17.8. The molecule has 3 aromatic carbocycles. The van der Waals surface area contributed by atoms with Crippen molar-refractivity contribution in [2.75, 3.05) is 5.32 Å². The van der Waals surface area contributed by atoms with E-state index in [-0.39, 0.29) is 0 Å². The third kappa shape index (κ3) is 4.85. The number of nitrogens with one attached hydrogen (secondary N) is 1. The van der Waals surface area contributed by atoms with E-state index in [1.807, 2.05) is 86.6 Å². The third-order valence-corrected chi connectivity index (χ3v) is 6.96. The quantitative estimate of drug-likeness (QED) is 0.284. The zero-order valence-corrected chi connectivity index (χ0v) is 20.9. The molecule has 188 valence electrons. The molecule has 1 fully saturated rings. The summed E-state index contributed by atoms with van der Waals surface area (Å²) in [7, 11) is 0. The minimum atomic E-state index is -0.759. The molecule has 5 rings (SSSR count). The molecule has 2 N–H and O–H groups in total. The minimum absolute atomic E-state index is 0.417. The van der Waals surface area contributed by atoms with E-state index in [1.165, 1.54) is 0 Å². The van der Waals surface area contributed by atoms with Crippen LogP contribution in [0.3, 0.4) is 0 Å². The van der Waals surface area contributed by atoms with Crippen LogP contribution in [0.5, 0.6) is 0 Å². The van der Waals surface area contributed by atoms with Crippen LogP contribution in [0.15, 0.2) is 77.3 Å². The van der Waals surface area contributed by atoms with Gasteiger partial charge in [-0.15, -0.1) is 0 Å². The lowest BCUT2D eigenvalue weighted by molar-refractivity contribution is -0.140. The largest absolute Gasteiger partial charge is 0.481 e. The molecule has 0 spiro atoms. The van der Waals surface area contributed by atoms with E-state index in [0.717, 1.165) is 33.4 Å². The lowest BCUT2D eigenvalue weighted by Gasteiger charge is -2.15. The molecular formula is C30H28N2O5. The molecule has 0 aliphatic heterocycles. The van der Waals surface area contributed by atoms with Gasteiger partial charge in [0.25, 0.3) is 0 Å². The van der Waals surface area contributed by atoms with Crippen LogP contribution in [0.2, 0.25) is 0 Å². The fourth-order valence-electron chi connectivity index (χ4n) is 4.54. The van der Waals surface area contributed by atoms with Gasteiger partial charge >= 0.3 is 12.1 Å². The molecule has 7 nitrogen and oxygen atoms in total. The first-order valence-electron chi connectivity index (χ1n) is 12.2. The summed E-state index contributed by atoms with van der Waals surface area (Å²) in [6, 6.07) is 23.2. The number of amides is 1. The predicted octanol–water partition coefficient (Wildman–Crippen LogP) is 7.05. The fraction of sp³-hybridized carbons (Fsp3) is 0.233. The molecule has 1 aromatic heterocycles. The first-order valence-corrected chi connectivity index (χ1v) is 12.2. The van der Waals surface area contributed by atoms with Gasteiger partial charge in [0.1, 0.15) is 17.5 Å². The number of carbonyl (C=O) groups is 2. The van der Waals surface area contributed by atoms with Crippen LogP contribution in [0.4, 0.5) is 10.5 Å². The maximum Gasteiger partial charge on any atom is 0.412 e. The molecule has 0 bridgehead atoms. The van der Waals surface area contributed by atoms with Crippen molar-refractivity contribution < 1.29 is 24.0 Å². The van der Waals surface area contributed by atoms with Crippen LogP contribution in [-0.4, -0.2) is 22.3 Å². The number of ether oxygens (including phenoxy) is 1.